The van der Waals surface area contributed by atoms with Crippen molar-refractivity contribution in [1.82, 2.24) is 14.1 Å². The lowest BCUT2D eigenvalue weighted by Crippen LogP contribution is -2.56. The zero-order valence-electron chi connectivity index (χ0n) is 17.1. The highest BCUT2D eigenvalue weighted by molar-refractivity contribution is 7.89. The number of hydrogen-bond donors (Lipinski definition) is 0. The zero-order chi connectivity index (χ0) is 21.3. The van der Waals surface area contributed by atoms with Gasteiger partial charge in [-0.15, -0.1) is 0 Å². The number of benzene rings is 1. The first-order valence-corrected chi connectivity index (χ1v) is 11.5. The number of carbonyl (C=O) groups excluding carboxylic acids is 1. The molecule has 6 nitrogen and oxygen atoms in total. The Morgan fingerprint density at radius 2 is 1.62 bits per heavy atom. The molecule has 0 unspecified atom stereocenters. The predicted octanol–water partition coefficient (Wildman–Crippen LogP) is 2.16. The maximum atomic E-state index is 13.5. The lowest BCUT2D eigenvalue weighted by atomic mass is 9.91. The van der Waals surface area contributed by atoms with E-state index in [0.717, 1.165) is 31.6 Å². The summed E-state index contributed by atoms with van der Waals surface area (Å²) < 4.78 is 53.3. The fourth-order valence-corrected chi connectivity index (χ4v) is 5.82. The van der Waals surface area contributed by atoms with Gasteiger partial charge in [-0.3, -0.25) is 9.69 Å². The number of likely N-dealkylation sites (tertiary alicyclic amines) is 1. The molecule has 29 heavy (non-hydrogen) atoms. The molecule has 2 aliphatic heterocycles. The van der Waals surface area contributed by atoms with Crippen molar-refractivity contribution in [2.45, 2.75) is 38.1 Å². The van der Waals surface area contributed by atoms with E-state index >= 15 is 0 Å². The highest BCUT2D eigenvalue weighted by Crippen LogP contribution is 2.24. The van der Waals surface area contributed by atoms with Crippen LogP contribution in [0, 0.1) is 23.5 Å². The molecule has 2 saturated heterocycles. The normalized spacial score (nSPS) is 25.8. The second kappa shape index (κ2) is 8.65. The molecule has 1 amide bonds. The Hall–Kier alpha value is -1.58. The second-order valence-corrected chi connectivity index (χ2v) is 10.3. The van der Waals surface area contributed by atoms with E-state index in [1.807, 2.05) is 16.7 Å². The van der Waals surface area contributed by atoms with Gasteiger partial charge in [0.15, 0.2) is 11.6 Å². The molecule has 2 heterocycles. The van der Waals surface area contributed by atoms with Crippen LogP contribution in [0.25, 0.3) is 0 Å². The maximum absolute atomic E-state index is 13.5. The first-order valence-electron chi connectivity index (χ1n) is 10.1. The van der Waals surface area contributed by atoms with Gasteiger partial charge in [-0.05, 0) is 43.4 Å². The number of sulfonamides is 1. The molecule has 0 N–H and O–H groups in total. The topological polar surface area (TPSA) is 60.9 Å². The summed E-state index contributed by atoms with van der Waals surface area (Å²) in [6.07, 6.45) is 1.12. The smallest absolute Gasteiger partial charge is 0.243 e. The van der Waals surface area contributed by atoms with Crippen LogP contribution in [-0.2, 0) is 14.8 Å². The van der Waals surface area contributed by atoms with Gasteiger partial charge < -0.3 is 4.90 Å². The molecule has 0 aromatic heterocycles. The van der Waals surface area contributed by atoms with E-state index in [4.69, 9.17) is 0 Å². The quantitative estimate of drug-likeness (QED) is 0.736. The van der Waals surface area contributed by atoms with Crippen molar-refractivity contribution in [3.8, 4) is 0 Å². The van der Waals surface area contributed by atoms with Gasteiger partial charge in [0.05, 0.1) is 10.9 Å². The Morgan fingerprint density at radius 1 is 1.03 bits per heavy atom. The molecule has 0 radical (unpaired) electrons. The summed E-state index contributed by atoms with van der Waals surface area (Å²) >= 11 is 0. The standard InChI is InChI=1S/C20H29F2N3O3S/c1-14-10-15(2)13-24(12-14)20(26)16(3)23-6-8-25(9-7-23)29(27,28)17-4-5-18(21)19(22)11-17/h4-5,11,14-16H,6-10,12-13H2,1-3H3/t14-,15-,16+/m1/s1. The van der Waals surface area contributed by atoms with E-state index < -0.39 is 21.7 Å². The van der Waals surface area contributed by atoms with Crippen LogP contribution in [0.2, 0.25) is 0 Å². The molecule has 162 valence electrons. The Bertz CT molecular complexity index is 847. The Kier molecular flexibility index (Phi) is 6.60. The van der Waals surface area contributed by atoms with Gasteiger partial charge in [-0.2, -0.15) is 4.31 Å². The molecule has 0 saturated carbocycles. The summed E-state index contributed by atoms with van der Waals surface area (Å²) in [5.41, 5.74) is 0. The molecular weight excluding hydrogens is 400 g/mol. The SMILES string of the molecule is C[C@@H]1C[C@@H](C)CN(C(=O)[C@H](C)N2CCN(S(=O)(=O)c3ccc(F)c(F)c3)CC2)C1. The van der Waals surface area contributed by atoms with Gasteiger partial charge in [-0.25, -0.2) is 17.2 Å². The molecule has 0 bridgehead atoms. The van der Waals surface area contributed by atoms with Crippen molar-refractivity contribution in [2.75, 3.05) is 39.3 Å². The van der Waals surface area contributed by atoms with E-state index in [2.05, 4.69) is 13.8 Å². The Balaban J connectivity index is 1.62. The molecule has 3 atom stereocenters. The first-order chi connectivity index (χ1) is 13.6. The largest absolute Gasteiger partial charge is 0.341 e. The van der Waals surface area contributed by atoms with Gasteiger partial charge in [-0.1, -0.05) is 13.8 Å². The van der Waals surface area contributed by atoms with Crippen LogP contribution in [0.15, 0.2) is 23.1 Å². The molecule has 9 heteroatoms. The number of rotatable bonds is 4. The predicted molar refractivity (Wildman–Crippen MR) is 106 cm³/mol. The third-order valence-electron chi connectivity index (χ3n) is 5.89. The van der Waals surface area contributed by atoms with Gasteiger partial charge in [0.2, 0.25) is 15.9 Å². The highest BCUT2D eigenvalue weighted by atomic mass is 32.2. The molecule has 0 spiro atoms. The Labute approximate surface area is 171 Å². The molecule has 2 fully saturated rings. The number of piperazine rings is 1. The summed E-state index contributed by atoms with van der Waals surface area (Å²) in [4.78, 5) is 16.6. The lowest BCUT2D eigenvalue weighted by Gasteiger charge is -2.41. The van der Waals surface area contributed by atoms with Crippen molar-refractivity contribution in [1.29, 1.82) is 0 Å². The van der Waals surface area contributed by atoms with Crippen LogP contribution in [0.3, 0.4) is 0 Å². The summed E-state index contributed by atoms with van der Waals surface area (Å²) in [7, 11) is -3.90. The number of nitrogens with zero attached hydrogens (tertiary/aromatic N) is 3. The van der Waals surface area contributed by atoms with Crippen LogP contribution < -0.4 is 0 Å². The lowest BCUT2D eigenvalue weighted by molar-refractivity contribution is -0.139. The van der Waals surface area contributed by atoms with Gasteiger partial charge in [0.1, 0.15) is 0 Å². The summed E-state index contributed by atoms with van der Waals surface area (Å²) in [5, 5.41) is 0. The third kappa shape index (κ3) is 4.78. The van der Waals surface area contributed by atoms with Crippen LogP contribution in [0.4, 0.5) is 8.78 Å². The van der Waals surface area contributed by atoms with Crippen LogP contribution in [0.5, 0.6) is 0 Å². The van der Waals surface area contributed by atoms with Crippen molar-refractivity contribution in [3.63, 3.8) is 0 Å². The third-order valence-corrected chi connectivity index (χ3v) is 7.78. The minimum atomic E-state index is -3.90. The molecule has 1 aromatic rings. The van der Waals surface area contributed by atoms with Crippen molar-refractivity contribution < 1.29 is 22.0 Å². The summed E-state index contributed by atoms with van der Waals surface area (Å²) in [6, 6.07) is 2.28. The molecule has 2 aliphatic rings. The number of carbonyl (C=O) groups is 1. The van der Waals surface area contributed by atoms with E-state index in [1.165, 1.54) is 4.31 Å². The fraction of sp³-hybridized carbons (Fsp3) is 0.650. The fourth-order valence-electron chi connectivity index (χ4n) is 4.38. The Morgan fingerprint density at radius 3 is 2.17 bits per heavy atom. The molecular formula is C20H29F2N3O3S. The van der Waals surface area contributed by atoms with Gasteiger partial charge in [0.25, 0.3) is 0 Å². The average molecular weight is 430 g/mol. The summed E-state index contributed by atoms with van der Waals surface area (Å²) in [5.74, 6) is -1.22. The number of halogens is 2. The van der Waals surface area contributed by atoms with E-state index in [-0.39, 0.29) is 29.9 Å². The minimum Gasteiger partial charge on any atom is -0.341 e. The van der Waals surface area contributed by atoms with Gasteiger partial charge in [0, 0.05) is 39.3 Å². The first kappa shape index (κ1) is 22.1. The van der Waals surface area contributed by atoms with Crippen molar-refractivity contribution in [2.24, 2.45) is 11.8 Å². The van der Waals surface area contributed by atoms with E-state index in [0.29, 0.717) is 31.0 Å². The van der Waals surface area contributed by atoms with Gasteiger partial charge >= 0.3 is 0 Å². The maximum Gasteiger partial charge on any atom is 0.243 e. The number of amides is 1. The van der Waals surface area contributed by atoms with E-state index in [9.17, 15) is 22.0 Å². The van der Waals surface area contributed by atoms with E-state index in [1.54, 1.807) is 0 Å². The zero-order valence-corrected chi connectivity index (χ0v) is 18.0. The molecule has 1 aromatic carbocycles. The van der Waals surface area contributed by atoms with Crippen molar-refractivity contribution in [3.05, 3.63) is 29.8 Å². The number of piperidine rings is 1. The summed E-state index contributed by atoms with van der Waals surface area (Å²) in [6.45, 7) is 8.92. The molecule has 3 rings (SSSR count). The number of hydrogen-bond acceptors (Lipinski definition) is 4. The highest BCUT2D eigenvalue weighted by Gasteiger charge is 2.35. The van der Waals surface area contributed by atoms with Crippen molar-refractivity contribution >= 4 is 15.9 Å². The molecule has 0 aliphatic carbocycles. The van der Waals surface area contributed by atoms with Crippen LogP contribution in [0.1, 0.15) is 27.2 Å². The average Bonchev–Trinajstić information content (AvgIpc) is 2.68. The minimum absolute atomic E-state index is 0.0836. The second-order valence-electron chi connectivity index (χ2n) is 8.38. The monoisotopic (exact) mass is 429 g/mol. The van der Waals surface area contributed by atoms with Crippen LogP contribution in [-0.4, -0.2) is 73.7 Å². The van der Waals surface area contributed by atoms with Crippen LogP contribution >= 0.6 is 0 Å².